The van der Waals surface area contributed by atoms with E-state index < -0.39 is 0 Å². The molecule has 9 nitrogen and oxygen atoms in total. The highest BCUT2D eigenvalue weighted by Gasteiger charge is 2.26. The predicted molar refractivity (Wildman–Crippen MR) is 150 cm³/mol. The molecule has 12 heteroatoms. The first-order valence-corrected chi connectivity index (χ1v) is 13.5. The second kappa shape index (κ2) is 12.4. The fraction of sp³-hybridized carbons (Fsp3) is 0.346. The molecule has 1 aliphatic rings. The lowest BCUT2D eigenvalue weighted by Gasteiger charge is -2.35. The number of morpholine rings is 1. The van der Waals surface area contributed by atoms with Crippen molar-refractivity contribution in [2.75, 3.05) is 25.5 Å². The van der Waals surface area contributed by atoms with Gasteiger partial charge in [-0.05, 0) is 38.1 Å². The first-order valence-electron chi connectivity index (χ1n) is 12.0. The fourth-order valence-electron chi connectivity index (χ4n) is 4.10. The molecule has 202 valence electrons. The maximum atomic E-state index is 12.9. The third-order valence-corrected chi connectivity index (χ3v) is 7.09. The van der Waals surface area contributed by atoms with Gasteiger partial charge in [-0.15, -0.1) is 0 Å². The molecule has 1 saturated heterocycles. The van der Waals surface area contributed by atoms with Crippen LogP contribution in [0.2, 0.25) is 10.0 Å². The number of hydrogen-bond acceptors (Lipinski definition) is 5. The quantitative estimate of drug-likeness (QED) is 0.346. The summed E-state index contributed by atoms with van der Waals surface area (Å²) in [5.41, 5.74) is 1.27. The summed E-state index contributed by atoms with van der Waals surface area (Å²) in [6.45, 7) is 5.35. The zero-order chi connectivity index (χ0) is 27.4. The summed E-state index contributed by atoms with van der Waals surface area (Å²) in [4.78, 5) is 28.9. The summed E-state index contributed by atoms with van der Waals surface area (Å²) in [6.07, 6.45) is 3.13. The van der Waals surface area contributed by atoms with Crippen LogP contribution >= 0.6 is 39.1 Å². The second-order valence-electron chi connectivity index (χ2n) is 9.20. The molecule has 2 aromatic carbocycles. The van der Waals surface area contributed by atoms with E-state index >= 15 is 0 Å². The van der Waals surface area contributed by atoms with Crippen LogP contribution in [0.4, 0.5) is 10.5 Å². The number of urea groups is 1. The molecular formula is C26H28BrCl2N5O4. The van der Waals surface area contributed by atoms with Crippen LogP contribution in [0.15, 0.2) is 53.3 Å². The third-order valence-electron chi connectivity index (χ3n) is 5.86. The number of ether oxygens (including phenoxy) is 2. The Labute approximate surface area is 239 Å². The molecule has 1 N–H and O–H groups in total. The van der Waals surface area contributed by atoms with E-state index in [9.17, 15) is 9.59 Å². The Bertz CT molecular complexity index is 1310. The average Bonchev–Trinajstić information content (AvgIpc) is 3.29. The molecule has 0 radical (unpaired) electrons. The fourth-order valence-corrected chi connectivity index (χ4v) is 4.73. The lowest BCUT2D eigenvalue weighted by Crippen LogP contribution is -2.49. The van der Waals surface area contributed by atoms with E-state index in [0.717, 1.165) is 10.0 Å². The van der Waals surface area contributed by atoms with Crippen molar-refractivity contribution in [2.45, 2.75) is 39.1 Å². The van der Waals surface area contributed by atoms with Gasteiger partial charge in [0.2, 0.25) is 5.91 Å². The van der Waals surface area contributed by atoms with Crippen LogP contribution in [-0.2, 0) is 22.6 Å². The van der Waals surface area contributed by atoms with E-state index in [0.29, 0.717) is 40.3 Å². The van der Waals surface area contributed by atoms with E-state index in [4.69, 9.17) is 32.7 Å². The summed E-state index contributed by atoms with van der Waals surface area (Å²) in [6, 6.07) is 10.2. The van der Waals surface area contributed by atoms with Crippen molar-refractivity contribution in [3.05, 3.63) is 68.9 Å². The predicted octanol–water partition coefficient (Wildman–Crippen LogP) is 6.04. The highest BCUT2D eigenvalue weighted by Crippen LogP contribution is 2.33. The van der Waals surface area contributed by atoms with Gasteiger partial charge in [-0.1, -0.05) is 45.2 Å². The number of carbonyl (C=O) groups is 2. The highest BCUT2D eigenvalue weighted by molar-refractivity contribution is 9.10. The summed E-state index contributed by atoms with van der Waals surface area (Å²) in [5, 5.41) is 7.86. The average molecular weight is 625 g/mol. The zero-order valence-corrected chi connectivity index (χ0v) is 24.3. The lowest BCUT2D eigenvalue weighted by atomic mass is 10.2. The van der Waals surface area contributed by atoms with Crippen molar-refractivity contribution in [3.63, 3.8) is 0 Å². The molecule has 3 amide bonds. The summed E-state index contributed by atoms with van der Waals surface area (Å²) in [7, 11) is 1.68. The van der Waals surface area contributed by atoms with Gasteiger partial charge in [-0.3, -0.25) is 9.48 Å². The minimum atomic E-state index is -0.338. The molecule has 3 aromatic rings. The number of benzene rings is 2. The van der Waals surface area contributed by atoms with Crippen molar-refractivity contribution < 1.29 is 19.1 Å². The van der Waals surface area contributed by atoms with E-state index in [1.54, 1.807) is 36.3 Å². The molecule has 1 fully saturated rings. The van der Waals surface area contributed by atoms with Gasteiger partial charge in [0.25, 0.3) is 0 Å². The summed E-state index contributed by atoms with van der Waals surface area (Å²) < 4.78 is 14.1. The molecule has 0 saturated carbocycles. The smallest absolute Gasteiger partial charge is 0.321 e. The molecule has 4 rings (SSSR count). The maximum absolute atomic E-state index is 12.9. The minimum absolute atomic E-state index is 0.00802. The van der Waals surface area contributed by atoms with Crippen LogP contribution in [0, 0.1) is 0 Å². The van der Waals surface area contributed by atoms with Gasteiger partial charge >= 0.3 is 6.03 Å². The van der Waals surface area contributed by atoms with E-state index in [1.165, 1.54) is 15.8 Å². The number of rotatable bonds is 7. The molecule has 2 atom stereocenters. The Morgan fingerprint density at radius 1 is 1.16 bits per heavy atom. The van der Waals surface area contributed by atoms with Gasteiger partial charge in [0, 0.05) is 42.4 Å². The number of nitrogens with zero attached hydrogens (tertiary/aromatic N) is 4. The van der Waals surface area contributed by atoms with Crippen LogP contribution in [0.1, 0.15) is 19.4 Å². The van der Waals surface area contributed by atoms with E-state index in [1.807, 2.05) is 32.0 Å². The molecule has 1 aliphatic heterocycles. The largest absolute Gasteiger partial charge is 0.457 e. The SMILES string of the molecule is CC1CN(C(=O)Cn2cc(NC(=O)N(C)Cc3ccc(Br)cc3Oc3ccc(Cl)c(Cl)c3)cn2)CC(C)O1. The zero-order valence-electron chi connectivity index (χ0n) is 21.2. The number of carbonyl (C=O) groups excluding carboxylic acids is 2. The van der Waals surface area contributed by atoms with Gasteiger partial charge in [-0.2, -0.15) is 5.10 Å². The molecule has 0 spiro atoms. The number of aromatic nitrogens is 2. The number of anilines is 1. The molecule has 0 aliphatic carbocycles. The third kappa shape index (κ3) is 7.41. The standard InChI is InChI=1S/C26H28BrCl2N5O4/c1-16-11-33(12-17(2)37-16)25(35)15-34-14-20(10-30-34)31-26(36)32(3)13-18-4-5-19(27)8-24(18)38-21-6-7-22(28)23(29)9-21/h4-10,14,16-17H,11-13,15H2,1-3H3,(H,31,36). The Kier molecular flexibility index (Phi) is 9.19. The van der Waals surface area contributed by atoms with Crippen LogP contribution in [0.5, 0.6) is 11.5 Å². The van der Waals surface area contributed by atoms with Gasteiger partial charge in [-0.25, -0.2) is 4.79 Å². The molecule has 1 aromatic heterocycles. The van der Waals surface area contributed by atoms with Crippen LogP contribution in [-0.4, -0.2) is 63.9 Å². The first kappa shape index (κ1) is 28.2. The maximum Gasteiger partial charge on any atom is 0.321 e. The second-order valence-corrected chi connectivity index (χ2v) is 10.9. The number of hydrogen-bond donors (Lipinski definition) is 1. The molecule has 2 unspecified atom stereocenters. The summed E-state index contributed by atoms with van der Waals surface area (Å²) in [5.74, 6) is 1.04. The van der Waals surface area contributed by atoms with Gasteiger partial charge in [0.1, 0.15) is 18.0 Å². The van der Waals surface area contributed by atoms with E-state index in [-0.39, 0.29) is 37.2 Å². The Morgan fingerprint density at radius 3 is 2.61 bits per heavy atom. The van der Waals surface area contributed by atoms with Gasteiger partial charge in [0.05, 0.1) is 40.7 Å². The number of halogens is 3. The number of nitrogens with one attached hydrogen (secondary N) is 1. The van der Waals surface area contributed by atoms with Gasteiger partial charge in [0.15, 0.2) is 0 Å². The van der Waals surface area contributed by atoms with E-state index in [2.05, 4.69) is 26.3 Å². The van der Waals surface area contributed by atoms with Crippen molar-refractivity contribution in [3.8, 4) is 11.5 Å². The topological polar surface area (TPSA) is 88.9 Å². The first-order chi connectivity index (χ1) is 18.1. The Morgan fingerprint density at radius 2 is 1.89 bits per heavy atom. The lowest BCUT2D eigenvalue weighted by molar-refractivity contribution is -0.144. The van der Waals surface area contributed by atoms with Crippen LogP contribution < -0.4 is 10.1 Å². The monoisotopic (exact) mass is 623 g/mol. The van der Waals surface area contributed by atoms with Crippen molar-refractivity contribution >= 4 is 56.8 Å². The van der Waals surface area contributed by atoms with Crippen molar-refractivity contribution in [2.24, 2.45) is 0 Å². The number of amides is 3. The van der Waals surface area contributed by atoms with Crippen LogP contribution in [0.3, 0.4) is 0 Å². The van der Waals surface area contributed by atoms with Crippen molar-refractivity contribution in [1.29, 1.82) is 0 Å². The summed E-state index contributed by atoms with van der Waals surface area (Å²) >= 11 is 15.6. The molecule has 0 bridgehead atoms. The van der Waals surface area contributed by atoms with Crippen molar-refractivity contribution in [1.82, 2.24) is 19.6 Å². The Hall–Kier alpha value is -2.79. The Balaban J connectivity index is 1.36. The van der Waals surface area contributed by atoms with Crippen LogP contribution in [0.25, 0.3) is 0 Å². The normalized spacial score (nSPS) is 17.3. The molecular weight excluding hydrogens is 597 g/mol. The van der Waals surface area contributed by atoms with Gasteiger partial charge < -0.3 is 24.6 Å². The minimum Gasteiger partial charge on any atom is -0.457 e. The molecule has 2 heterocycles. The highest BCUT2D eigenvalue weighted by atomic mass is 79.9. The molecule has 38 heavy (non-hydrogen) atoms.